The lowest BCUT2D eigenvalue weighted by Gasteiger charge is -2.36. The second-order valence-corrected chi connectivity index (χ2v) is 6.17. The predicted molar refractivity (Wildman–Crippen MR) is 88.3 cm³/mol. The van der Waals surface area contributed by atoms with Crippen LogP contribution < -0.4 is 0 Å². The molecule has 23 heavy (non-hydrogen) atoms. The third kappa shape index (κ3) is 3.90. The zero-order valence-electron chi connectivity index (χ0n) is 13.2. The molecule has 1 saturated heterocycles. The van der Waals surface area contributed by atoms with Crippen LogP contribution in [0.5, 0.6) is 0 Å². The van der Waals surface area contributed by atoms with Crippen LogP contribution in [-0.2, 0) is 0 Å². The van der Waals surface area contributed by atoms with E-state index in [-0.39, 0.29) is 12.6 Å². The fourth-order valence-corrected chi connectivity index (χ4v) is 3.00. The molecule has 0 radical (unpaired) electrons. The van der Waals surface area contributed by atoms with Gasteiger partial charge in [0.2, 0.25) is 11.8 Å². The first kappa shape index (κ1) is 16.4. The van der Waals surface area contributed by atoms with Crippen LogP contribution in [0.4, 0.5) is 0 Å². The number of aliphatic hydroxyl groups is 1. The van der Waals surface area contributed by atoms with Crippen molar-refractivity contribution in [2.45, 2.75) is 13.0 Å². The van der Waals surface area contributed by atoms with Gasteiger partial charge >= 0.3 is 0 Å². The maximum atomic E-state index is 9.00. The molecule has 1 aliphatic rings. The Morgan fingerprint density at radius 3 is 2.74 bits per heavy atom. The first-order valence-electron chi connectivity index (χ1n) is 7.84. The maximum Gasteiger partial charge on any atom is 0.247 e. The number of aliphatic hydroxyl groups excluding tert-OH is 1. The van der Waals surface area contributed by atoms with E-state index in [9.17, 15) is 0 Å². The van der Waals surface area contributed by atoms with Crippen molar-refractivity contribution in [3.8, 4) is 11.5 Å². The predicted octanol–water partition coefficient (Wildman–Crippen LogP) is 2.06. The molecule has 3 rings (SSSR count). The number of aromatic nitrogens is 2. The molecule has 2 aromatic rings. The van der Waals surface area contributed by atoms with Crippen LogP contribution in [-0.4, -0.2) is 64.4 Å². The van der Waals surface area contributed by atoms with E-state index in [0.29, 0.717) is 16.8 Å². The number of rotatable bonds is 5. The van der Waals surface area contributed by atoms with E-state index in [1.54, 1.807) is 0 Å². The number of β-amino-alcohol motifs (C(OH)–C–C–N with tert-alkyl or cyclic N) is 1. The van der Waals surface area contributed by atoms with Gasteiger partial charge in [0.1, 0.15) is 0 Å². The van der Waals surface area contributed by atoms with Crippen LogP contribution in [0.25, 0.3) is 11.5 Å². The highest BCUT2D eigenvalue weighted by atomic mass is 35.5. The van der Waals surface area contributed by atoms with E-state index in [1.807, 2.05) is 24.3 Å². The first-order chi connectivity index (χ1) is 11.2. The van der Waals surface area contributed by atoms with Gasteiger partial charge in [0, 0.05) is 43.3 Å². The highest BCUT2D eigenvalue weighted by molar-refractivity contribution is 6.30. The Balaban J connectivity index is 1.66. The normalized spacial score (nSPS) is 18.2. The van der Waals surface area contributed by atoms with Gasteiger partial charge in [0.05, 0.1) is 12.6 Å². The number of hydrogen-bond acceptors (Lipinski definition) is 6. The van der Waals surface area contributed by atoms with Gasteiger partial charge in [-0.15, -0.1) is 10.2 Å². The molecule has 1 aliphatic heterocycles. The van der Waals surface area contributed by atoms with Crippen molar-refractivity contribution >= 4 is 11.6 Å². The van der Waals surface area contributed by atoms with Crippen molar-refractivity contribution in [3.63, 3.8) is 0 Å². The summed E-state index contributed by atoms with van der Waals surface area (Å²) in [6.07, 6.45) is 0. The zero-order chi connectivity index (χ0) is 16.2. The summed E-state index contributed by atoms with van der Waals surface area (Å²) in [5, 5.41) is 18.0. The number of nitrogens with zero attached hydrogens (tertiary/aromatic N) is 4. The van der Waals surface area contributed by atoms with Crippen molar-refractivity contribution in [1.82, 2.24) is 20.0 Å². The lowest BCUT2D eigenvalue weighted by Crippen LogP contribution is -2.47. The Bertz CT molecular complexity index is 641. The Morgan fingerprint density at radius 1 is 1.26 bits per heavy atom. The maximum absolute atomic E-state index is 9.00. The van der Waals surface area contributed by atoms with Gasteiger partial charge in [-0.2, -0.15) is 0 Å². The van der Waals surface area contributed by atoms with Crippen LogP contribution in [0.2, 0.25) is 5.02 Å². The third-order valence-electron chi connectivity index (χ3n) is 4.24. The molecule has 2 heterocycles. The van der Waals surface area contributed by atoms with Crippen LogP contribution in [0.3, 0.4) is 0 Å². The fourth-order valence-electron chi connectivity index (χ4n) is 2.81. The first-order valence-corrected chi connectivity index (χ1v) is 8.22. The summed E-state index contributed by atoms with van der Waals surface area (Å²) in [7, 11) is 0. The number of hydrogen-bond donors (Lipinski definition) is 1. The highest BCUT2D eigenvalue weighted by Crippen LogP contribution is 2.26. The number of halogens is 1. The zero-order valence-corrected chi connectivity index (χ0v) is 13.9. The molecule has 0 amide bonds. The molecule has 1 fully saturated rings. The lowest BCUT2D eigenvalue weighted by molar-refractivity contribution is 0.0802. The van der Waals surface area contributed by atoms with Gasteiger partial charge in [-0.05, 0) is 25.1 Å². The second kappa shape index (κ2) is 7.40. The van der Waals surface area contributed by atoms with E-state index < -0.39 is 0 Å². The Labute approximate surface area is 140 Å². The molecule has 0 spiro atoms. The van der Waals surface area contributed by atoms with Crippen molar-refractivity contribution in [2.75, 3.05) is 39.3 Å². The standard InChI is InChI=1S/C16H21ClN4O2/c1-12(21-7-5-20(6-8-21)9-10-22)15-18-19-16(23-15)13-3-2-4-14(17)11-13/h2-4,11-12,22H,5-10H2,1H3/t12-/m1/s1. The van der Waals surface area contributed by atoms with E-state index in [1.165, 1.54) is 0 Å². The highest BCUT2D eigenvalue weighted by Gasteiger charge is 2.25. The summed E-state index contributed by atoms with van der Waals surface area (Å²) in [5.74, 6) is 1.11. The fraction of sp³-hybridized carbons (Fsp3) is 0.500. The van der Waals surface area contributed by atoms with Crippen molar-refractivity contribution < 1.29 is 9.52 Å². The minimum atomic E-state index is 0.0757. The van der Waals surface area contributed by atoms with Gasteiger partial charge in [-0.25, -0.2) is 0 Å². The number of piperazine rings is 1. The molecule has 1 aromatic heterocycles. The molecule has 1 N–H and O–H groups in total. The molecule has 124 valence electrons. The molecule has 0 aliphatic carbocycles. The van der Waals surface area contributed by atoms with Crippen LogP contribution in [0.15, 0.2) is 28.7 Å². The number of benzene rings is 1. The minimum Gasteiger partial charge on any atom is -0.419 e. The molecular formula is C16H21ClN4O2. The monoisotopic (exact) mass is 336 g/mol. The molecule has 1 atom stereocenters. The van der Waals surface area contributed by atoms with Gasteiger partial charge in [-0.3, -0.25) is 9.80 Å². The molecule has 7 heteroatoms. The molecule has 0 saturated carbocycles. The van der Waals surface area contributed by atoms with Crippen LogP contribution in [0.1, 0.15) is 18.9 Å². The van der Waals surface area contributed by atoms with Gasteiger partial charge in [0.15, 0.2) is 0 Å². The summed E-state index contributed by atoms with van der Waals surface area (Å²) >= 11 is 6.00. The summed E-state index contributed by atoms with van der Waals surface area (Å²) in [4.78, 5) is 4.58. The molecule has 0 bridgehead atoms. The van der Waals surface area contributed by atoms with Crippen molar-refractivity contribution in [2.24, 2.45) is 0 Å². The van der Waals surface area contributed by atoms with E-state index in [2.05, 4.69) is 26.9 Å². The van der Waals surface area contributed by atoms with Crippen molar-refractivity contribution in [1.29, 1.82) is 0 Å². The van der Waals surface area contributed by atoms with Crippen LogP contribution >= 0.6 is 11.6 Å². The average molecular weight is 337 g/mol. The van der Waals surface area contributed by atoms with Gasteiger partial charge < -0.3 is 9.52 Å². The Hall–Kier alpha value is -1.47. The van der Waals surface area contributed by atoms with E-state index >= 15 is 0 Å². The Kier molecular flexibility index (Phi) is 5.27. The van der Waals surface area contributed by atoms with Gasteiger partial charge in [0.25, 0.3) is 0 Å². The van der Waals surface area contributed by atoms with Crippen molar-refractivity contribution in [3.05, 3.63) is 35.2 Å². The summed E-state index contributed by atoms with van der Waals surface area (Å²) in [6.45, 7) is 6.77. The quantitative estimate of drug-likeness (QED) is 0.901. The molecular weight excluding hydrogens is 316 g/mol. The van der Waals surface area contributed by atoms with Gasteiger partial charge in [-0.1, -0.05) is 17.7 Å². The third-order valence-corrected chi connectivity index (χ3v) is 4.48. The molecule has 1 aromatic carbocycles. The van der Waals surface area contributed by atoms with E-state index in [4.69, 9.17) is 21.1 Å². The summed E-state index contributed by atoms with van der Waals surface area (Å²) < 4.78 is 5.84. The molecule has 0 unspecified atom stereocenters. The summed E-state index contributed by atoms with van der Waals surface area (Å²) in [5.41, 5.74) is 0.830. The van der Waals surface area contributed by atoms with E-state index in [0.717, 1.165) is 38.3 Å². The lowest BCUT2D eigenvalue weighted by atomic mass is 10.2. The topological polar surface area (TPSA) is 65.6 Å². The largest absolute Gasteiger partial charge is 0.419 e. The summed E-state index contributed by atoms with van der Waals surface area (Å²) in [6, 6.07) is 7.48. The molecule has 6 nitrogen and oxygen atoms in total. The average Bonchev–Trinajstić information content (AvgIpc) is 3.05. The van der Waals surface area contributed by atoms with Crippen LogP contribution in [0, 0.1) is 0 Å². The SMILES string of the molecule is C[C@H](c1nnc(-c2cccc(Cl)c2)o1)N1CCN(CCO)CC1. The minimum absolute atomic E-state index is 0.0757. The Morgan fingerprint density at radius 2 is 2.04 bits per heavy atom. The second-order valence-electron chi connectivity index (χ2n) is 5.73. The smallest absolute Gasteiger partial charge is 0.247 e.